The second-order valence-electron chi connectivity index (χ2n) is 7.41. The number of fused-ring (bicyclic) bond motifs is 1. The number of carbonyl (C=O) groups is 1. The summed E-state index contributed by atoms with van der Waals surface area (Å²) in [6, 6.07) is 13.8. The molecule has 0 aliphatic carbocycles. The van der Waals surface area contributed by atoms with Gasteiger partial charge in [-0.15, -0.1) is 0 Å². The van der Waals surface area contributed by atoms with Crippen LogP contribution in [-0.4, -0.2) is 30.8 Å². The van der Waals surface area contributed by atoms with Crippen LogP contribution >= 0.6 is 0 Å². The lowest BCUT2D eigenvalue weighted by molar-refractivity contribution is 0.0350. The smallest absolute Gasteiger partial charge is 0.170 e. The zero-order chi connectivity index (χ0) is 19.7. The summed E-state index contributed by atoms with van der Waals surface area (Å²) in [6.07, 6.45) is 4.20. The molecule has 144 valence electrons. The van der Waals surface area contributed by atoms with Crippen molar-refractivity contribution in [1.29, 1.82) is 0 Å². The number of hydrogen-bond acceptors (Lipinski definition) is 4. The molecule has 0 atom stereocenters. The molecule has 2 heterocycles. The van der Waals surface area contributed by atoms with E-state index in [9.17, 15) is 4.79 Å². The molecular formula is C24H25NO3. The van der Waals surface area contributed by atoms with Gasteiger partial charge < -0.3 is 9.47 Å². The standard InChI is InChI=1S/C24H25NO3/c1-4-24(5-2)14-22(26)20-12-16(9-10-23(20)28-24)18-13-21(25-15-18)17-7-6-8-19(11-17)27-3/h6-13H,4-5,14-15H2,1-3H3. The molecule has 0 spiro atoms. The van der Waals surface area contributed by atoms with E-state index in [0.717, 1.165) is 41.0 Å². The van der Waals surface area contributed by atoms with Gasteiger partial charge in [0.1, 0.15) is 17.1 Å². The Balaban J connectivity index is 1.62. The number of allylic oxidation sites excluding steroid dienone is 1. The van der Waals surface area contributed by atoms with E-state index in [-0.39, 0.29) is 11.4 Å². The first-order valence-electron chi connectivity index (χ1n) is 9.83. The lowest BCUT2D eigenvalue weighted by atomic mass is 9.85. The van der Waals surface area contributed by atoms with Gasteiger partial charge in [-0.25, -0.2) is 0 Å². The Kier molecular flexibility index (Phi) is 4.80. The van der Waals surface area contributed by atoms with Crippen molar-refractivity contribution < 1.29 is 14.3 Å². The molecule has 0 unspecified atom stereocenters. The lowest BCUT2D eigenvalue weighted by Gasteiger charge is -2.36. The fourth-order valence-corrected chi connectivity index (χ4v) is 3.90. The van der Waals surface area contributed by atoms with Gasteiger partial charge in [-0.2, -0.15) is 0 Å². The van der Waals surface area contributed by atoms with Crippen LogP contribution in [0.1, 0.15) is 54.6 Å². The molecule has 28 heavy (non-hydrogen) atoms. The van der Waals surface area contributed by atoms with E-state index in [4.69, 9.17) is 9.47 Å². The van der Waals surface area contributed by atoms with Gasteiger partial charge in [-0.05, 0) is 54.3 Å². The second-order valence-corrected chi connectivity index (χ2v) is 7.41. The Morgan fingerprint density at radius 2 is 1.93 bits per heavy atom. The van der Waals surface area contributed by atoms with E-state index in [1.165, 1.54) is 0 Å². The average Bonchev–Trinajstić information content (AvgIpc) is 3.24. The SMILES string of the molecule is CCC1(CC)CC(=O)c2cc(C3=CC(c4cccc(OC)c4)=NC3)ccc2O1. The van der Waals surface area contributed by atoms with Gasteiger partial charge in [0.15, 0.2) is 5.78 Å². The third kappa shape index (κ3) is 3.24. The summed E-state index contributed by atoms with van der Waals surface area (Å²) in [4.78, 5) is 17.5. The molecule has 0 fully saturated rings. The molecule has 2 aliphatic rings. The third-order valence-electron chi connectivity index (χ3n) is 5.84. The number of ether oxygens (including phenoxy) is 2. The van der Waals surface area contributed by atoms with Gasteiger partial charge >= 0.3 is 0 Å². The Labute approximate surface area is 165 Å². The quantitative estimate of drug-likeness (QED) is 0.730. The molecule has 2 aliphatic heterocycles. The number of aliphatic imine (C=N–C) groups is 1. The van der Waals surface area contributed by atoms with E-state index in [1.54, 1.807) is 7.11 Å². The minimum Gasteiger partial charge on any atom is -0.497 e. The van der Waals surface area contributed by atoms with Crippen molar-refractivity contribution in [3.05, 3.63) is 65.2 Å². The number of ketones is 1. The number of rotatable bonds is 5. The van der Waals surface area contributed by atoms with Crippen LogP contribution in [0.25, 0.3) is 5.57 Å². The maximum absolute atomic E-state index is 12.8. The van der Waals surface area contributed by atoms with Crippen molar-refractivity contribution in [1.82, 2.24) is 0 Å². The Morgan fingerprint density at radius 3 is 2.68 bits per heavy atom. The summed E-state index contributed by atoms with van der Waals surface area (Å²) in [5.41, 5.74) is 4.42. The van der Waals surface area contributed by atoms with Crippen molar-refractivity contribution in [2.75, 3.05) is 13.7 Å². The largest absolute Gasteiger partial charge is 0.497 e. The van der Waals surface area contributed by atoms with E-state index >= 15 is 0 Å². The molecule has 0 radical (unpaired) electrons. The van der Waals surface area contributed by atoms with Crippen LogP contribution in [0.15, 0.2) is 53.5 Å². The highest BCUT2D eigenvalue weighted by Gasteiger charge is 2.37. The molecule has 0 aromatic heterocycles. The number of methoxy groups -OCH3 is 1. The van der Waals surface area contributed by atoms with Gasteiger partial charge in [0.25, 0.3) is 0 Å². The summed E-state index contributed by atoms with van der Waals surface area (Å²) in [6.45, 7) is 4.77. The zero-order valence-corrected chi connectivity index (χ0v) is 16.6. The minimum atomic E-state index is -0.360. The molecular weight excluding hydrogens is 350 g/mol. The number of benzene rings is 2. The zero-order valence-electron chi connectivity index (χ0n) is 16.6. The molecule has 0 saturated carbocycles. The van der Waals surface area contributed by atoms with Crippen molar-refractivity contribution in [2.24, 2.45) is 4.99 Å². The predicted octanol–water partition coefficient (Wildman–Crippen LogP) is 5.11. The first-order chi connectivity index (χ1) is 13.6. The van der Waals surface area contributed by atoms with Gasteiger partial charge in [0.05, 0.1) is 31.4 Å². The highest BCUT2D eigenvalue weighted by molar-refractivity contribution is 6.15. The van der Waals surface area contributed by atoms with Crippen LogP contribution in [-0.2, 0) is 0 Å². The predicted molar refractivity (Wildman–Crippen MR) is 112 cm³/mol. The molecule has 0 N–H and O–H groups in total. The average molecular weight is 375 g/mol. The first kappa shape index (κ1) is 18.5. The van der Waals surface area contributed by atoms with E-state index < -0.39 is 0 Å². The maximum Gasteiger partial charge on any atom is 0.170 e. The van der Waals surface area contributed by atoms with Crippen LogP contribution < -0.4 is 9.47 Å². The Hall–Kier alpha value is -2.88. The monoisotopic (exact) mass is 375 g/mol. The molecule has 2 aromatic rings. The second kappa shape index (κ2) is 7.27. The summed E-state index contributed by atoms with van der Waals surface area (Å²) >= 11 is 0. The van der Waals surface area contributed by atoms with Crippen LogP contribution in [0.2, 0.25) is 0 Å². The molecule has 0 bridgehead atoms. The van der Waals surface area contributed by atoms with Crippen molar-refractivity contribution in [3.8, 4) is 11.5 Å². The van der Waals surface area contributed by atoms with Crippen LogP contribution in [0.4, 0.5) is 0 Å². The van der Waals surface area contributed by atoms with Gasteiger partial charge in [-0.3, -0.25) is 9.79 Å². The molecule has 0 amide bonds. The molecule has 4 nitrogen and oxygen atoms in total. The van der Waals surface area contributed by atoms with Gasteiger partial charge in [0.2, 0.25) is 0 Å². The highest BCUT2D eigenvalue weighted by Crippen LogP contribution is 2.38. The summed E-state index contributed by atoms with van der Waals surface area (Å²) in [7, 11) is 1.66. The van der Waals surface area contributed by atoms with Crippen molar-refractivity contribution in [2.45, 2.75) is 38.7 Å². The van der Waals surface area contributed by atoms with Crippen LogP contribution in [0, 0.1) is 0 Å². The minimum absolute atomic E-state index is 0.166. The Morgan fingerprint density at radius 1 is 1.11 bits per heavy atom. The molecule has 4 heteroatoms. The summed E-state index contributed by atoms with van der Waals surface area (Å²) in [5.74, 6) is 1.68. The fraction of sp³-hybridized carbons (Fsp3) is 0.333. The number of Topliss-reactive ketones (excluding diaryl/α,β-unsaturated/α-hetero) is 1. The van der Waals surface area contributed by atoms with E-state index in [1.807, 2.05) is 42.5 Å². The maximum atomic E-state index is 12.8. The lowest BCUT2D eigenvalue weighted by Crippen LogP contribution is -2.40. The van der Waals surface area contributed by atoms with Gasteiger partial charge in [0, 0.05) is 5.56 Å². The van der Waals surface area contributed by atoms with Gasteiger partial charge in [-0.1, -0.05) is 32.0 Å². The number of nitrogens with zero attached hydrogens (tertiary/aromatic N) is 1. The number of hydrogen-bond donors (Lipinski definition) is 0. The van der Waals surface area contributed by atoms with Crippen LogP contribution in [0.3, 0.4) is 0 Å². The number of carbonyl (C=O) groups excluding carboxylic acids is 1. The third-order valence-corrected chi connectivity index (χ3v) is 5.84. The molecule has 0 saturated heterocycles. The van der Waals surface area contributed by atoms with Crippen molar-refractivity contribution >= 4 is 17.1 Å². The summed E-state index contributed by atoms with van der Waals surface area (Å²) < 4.78 is 11.5. The molecule has 2 aromatic carbocycles. The van der Waals surface area contributed by atoms with Crippen molar-refractivity contribution in [3.63, 3.8) is 0 Å². The van der Waals surface area contributed by atoms with E-state index in [2.05, 4.69) is 24.9 Å². The van der Waals surface area contributed by atoms with Crippen LogP contribution in [0.5, 0.6) is 11.5 Å². The topological polar surface area (TPSA) is 47.9 Å². The van der Waals surface area contributed by atoms with E-state index in [0.29, 0.717) is 24.3 Å². The molecule has 4 rings (SSSR count). The summed E-state index contributed by atoms with van der Waals surface area (Å²) in [5, 5.41) is 0. The normalized spacial score (nSPS) is 17.5. The Bertz CT molecular complexity index is 983. The fourth-order valence-electron chi connectivity index (χ4n) is 3.90. The highest BCUT2D eigenvalue weighted by atomic mass is 16.5. The first-order valence-corrected chi connectivity index (χ1v) is 9.83.